The maximum absolute atomic E-state index is 12.3. The Kier molecular flexibility index (Phi) is 7.28. The first-order valence-corrected chi connectivity index (χ1v) is 11.9. The summed E-state index contributed by atoms with van der Waals surface area (Å²) in [5.74, 6) is -3.63. The van der Waals surface area contributed by atoms with E-state index in [1.807, 2.05) is 31.3 Å². The maximum atomic E-state index is 12.3. The van der Waals surface area contributed by atoms with Gasteiger partial charge < -0.3 is 24.9 Å². The molecular weight excluding hydrogens is 456 g/mol. The Morgan fingerprint density at radius 3 is 1.86 bits per heavy atom. The van der Waals surface area contributed by atoms with Gasteiger partial charge in [-0.1, -0.05) is 0 Å². The summed E-state index contributed by atoms with van der Waals surface area (Å²) < 4.78 is 9.17. The monoisotopic (exact) mass is 484 g/mol. The van der Waals surface area contributed by atoms with E-state index in [2.05, 4.69) is 20.1 Å². The third-order valence-corrected chi connectivity index (χ3v) is 7.36. The third-order valence-electron chi connectivity index (χ3n) is 7.36. The van der Waals surface area contributed by atoms with E-state index in [9.17, 15) is 28.8 Å². The Hall–Kier alpha value is -3.56. The molecule has 2 saturated heterocycles. The van der Waals surface area contributed by atoms with Gasteiger partial charge in [-0.15, -0.1) is 0 Å². The van der Waals surface area contributed by atoms with Crippen molar-refractivity contribution in [3.63, 3.8) is 0 Å². The van der Waals surface area contributed by atoms with Crippen molar-refractivity contribution >= 4 is 47.4 Å². The molecule has 6 unspecified atom stereocenters. The first-order valence-electron chi connectivity index (χ1n) is 11.9. The minimum Gasteiger partial charge on any atom is -0.393 e. The molecule has 6 atom stereocenters. The lowest BCUT2D eigenvalue weighted by Gasteiger charge is -2.26. The van der Waals surface area contributed by atoms with E-state index < -0.39 is 29.8 Å². The van der Waals surface area contributed by atoms with Gasteiger partial charge in [0.2, 0.25) is 5.91 Å². The number of benzene rings is 1. The van der Waals surface area contributed by atoms with Crippen molar-refractivity contribution in [1.82, 2.24) is 0 Å². The number of aldehydes is 1. The fourth-order valence-electron chi connectivity index (χ4n) is 5.29. The molecule has 10 nitrogen and oxygen atoms in total. The van der Waals surface area contributed by atoms with Crippen LogP contribution >= 0.6 is 0 Å². The minimum atomic E-state index is -0.481. The Morgan fingerprint density at radius 1 is 0.771 bits per heavy atom. The quantitative estimate of drug-likeness (QED) is 0.373. The number of nitrogens with one attached hydrogen (secondary N) is 2. The topological polar surface area (TPSA) is 145 Å². The number of esters is 4. The highest BCUT2D eigenvalue weighted by Gasteiger charge is 2.49. The first kappa shape index (κ1) is 24.6. The van der Waals surface area contributed by atoms with Crippen LogP contribution in [0.15, 0.2) is 24.3 Å². The summed E-state index contributed by atoms with van der Waals surface area (Å²) in [5, 5.41) is 5.87. The number of cyclic esters (lactones) is 4. The van der Waals surface area contributed by atoms with Crippen molar-refractivity contribution in [3.05, 3.63) is 24.3 Å². The number of rotatable bonds is 4. The van der Waals surface area contributed by atoms with Gasteiger partial charge in [0.1, 0.15) is 6.29 Å². The average Bonchev–Trinajstić information content (AvgIpc) is 3.32. The second-order valence-corrected chi connectivity index (χ2v) is 9.44. The van der Waals surface area contributed by atoms with Crippen LogP contribution < -0.4 is 10.6 Å². The lowest BCUT2D eigenvalue weighted by atomic mass is 9.75. The zero-order valence-corrected chi connectivity index (χ0v) is 19.4. The van der Waals surface area contributed by atoms with Crippen molar-refractivity contribution in [1.29, 1.82) is 0 Å². The van der Waals surface area contributed by atoms with Gasteiger partial charge in [-0.2, -0.15) is 0 Å². The molecule has 0 aromatic heterocycles. The predicted octanol–water partition coefficient (Wildman–Crippen LogP) is 2.08. The van der Waals surface area contributed by atoms with Gasteiger partial charge >= 0.3 is 23.9 Å². The van der Waals surface area contributed by atoms with Crippen LogP contribution in [0.4, 0.5) is 11.4 Å². The number of amides is 1. The molecule has 186 valence electrons. The van der Waals surface area contributed by atoms with Crippen LogP contribution in [0.5, 0.6) is 0 Å². The zero-order valence-electron chi connectivity index (χ0n) is 19.4. The van der Waals surface area contributed by atoms with Crippen molar-refractivity contribution in [3.8, 4) is 0 Å². The summed E-state index contributed by atoms with van der Waals surface area (Å²) in [6, 6.07) is 7.39. The fourth-order valence-corrected chi connectivity index (χ4v) is 5.29. The number of carbonyl (C=O) groups is 6. The highest BCUT2D eigenvalue weighted by Crippen LogP contribution is 2.40. The van der Waals surface area contributed by atoms with E-state index in [1.165, 1.54) is 0 Å². The van der Waals surface area contributed by atoms with Crippen LogP contribution in [-0.2, 0) is 38.2 Å². The normalized spacial score (nSPS) is 31.2. The Labute approximate surface area is 202 Å². The second kappa shape index (κ2) is 10.4. The van der Waals surface area contributed by atoms with Gasteiger partial charge in [0, 0.05) is 30.3 Å². The molecule has 2 saturated carbocycles. The molecule has 10 heteroatoms. The van der Waals surface area contributed by atoms with Gasteiger partial charge in [-0.05, 0) is 62.8 Å². The van der Waals surface area contributed by atoms with Gasteiger partial charge in [-0.3, -0.25) is 24.0 Å². The van der Waals surface area contributed by atoms with Crippen LogP contribution in [-0.4, -0.2) is 43.1 Å². The molecule has 1 aromatic carbocycles. The van der Waals surface area contributed by atoms with Gasteiger partial charge in [0.05, 0.1) is 23.7 Å². The second-order valence-electron chi connectivity index (χ2n) is 9.44. The largest absolute Gasteiger partial charge is 0.393 e. The van der Waals surface area contributed by atoms with Crippen LogP contribution in [0.3, 0.4) is 0 Å². The molecule has 2 N–H and O–H groups in total. The standard InChI is InChI=1S/C16H18N2O4.C9H10O4/c1-17-10-3-5-11(6-4-10)18-14(19)9-2-7-12-13(8-9)16(21)22-15(12)20;10-4-5-1-2-6-7(3-5)9(12)13-8(6)11/h3-6,9,12-13,17H,2,7-8H2,1H3,(H,18,19);4-7H,1-3H2. The van der Waals surface area contributed by atoms with Crippen molar-refractivity contribution < 1.29 is 38.2 Å². The molecule has 0 spiro atoms. The number of hydrogen-bond donors (Lipinski definition) is 2. The third kappa shape index (κ3) is 5.26. The van der Waals surface area contributed by atoms with Crippen LogP contribution in [0, 0.1) is 35.5 Å². The summed E-state index contributed by atoms with van der Waals surface area (Å²) in [7, 11) is 1.83. The molecular formula is C25H28N2O8. The first-order chi connectivity index (χ1) is 16.8. The molecule has 0 bridgehead atoms. The van der Waals surface area contributed by atoms with E-state index in [0.717, 1.165) is 17.7 Å². The number of hydrogen-bond acceptors (Lipinski definition) is 9. The Morgan fingerprint density at radius 2 is 1.29 bits per heavy atom. The predicted molar refractivity (Wildman–Crippen MR) is 122 cm³/mol. The van der Waals surface area contributed by atoms with Crippen molar-refractivity contribution in [2.45, 2.75) is 38.5 Å². The minimum absolute atomic E-state index is 0.0697. The summed E-state index contributed by atoms with van der Waals surface area (Å²) in [6.07, 6.45) is 4.18. The molecule has 2 aliphatic heterocycles. The molecule has 4 fully saturated rings. The molecule has 4 aliphatic rings. The van der Waals surface area contributed by atoms with Gasteiger partial charge in [-0.25, -0.2) is 0 Å². The van der Waals surface area contributed by atoms with E-state index in [1.54, 1.807) is 0 Å². The molecule has 1 aromatic rings. The van der Waals surface area contributed by atoms with Crippen LogP contribution in [0.1, 0.15) is 38.5 Å². The maximum Gasteiger partial charge on any atom is 0.317 e. The Bertz CT molecular complexity index is 1040. The number of fused-ring (bicyclic) bond motifs is 2. The smallest absolute Gasteiger partial charge is 0.317 e. The summed E-state index contributed by atoms with van der Waals surface area (Å²) in [4.78, 5) is 68.2. The fraction of sp³-hybridized carbons (Fsp3) is 0.520. The molecule has 35 heavy (non-hydrogen) atoms. The van der Waals surface area contributed by atoms with Crippen LogP contribution in [0.2, 0.25) is 0 Å². The molecule has 1 amide bonds. The SMILES string of the molecule is CNc1ccc(NC(=O)C2CCC3C(=O)OC(=O)C3C2)cc1.O=CC1CCC2C(=O)OC(=O)C2C1. The summed E-state index contributed by atoms with van der Waals surface area (Å²) >= 11 is 0. The molecule has 2 heterocycles. The zero-order chi connectivity index (χ0) is 25.1. The lowest BCUT2D eigenvalue weighted by molar-refractivity contribution is -0.155. The number of anilines is 2. The van der Waals surface area contributed by atoms with E-state index in [-0.39, 0.29) is 35.5 Å². The number of ether oxygens (including phenoxy) is 2. The Balaban J connectivity index is 0.000000189. The summed E-state index contributed by atoms with van der Waals surface area (Å²) in [5.41, 5.74) is 1.68. The van der Waals surface area contributed by atoms with E-state index in [0.29, 0.717) is 38.5 Å². The van der Waals surface area contributed by atoms with Gasteiger partial charge in [0.15, 0.2) is 0 Å². The molecule has 5 rings (SSSR count). The average molecular weight is 485 g/mol. The highest BCUT2D eigenvalue weighted by atomic mass is 16.6. The van der Waals surface area contributed by atoms with E-state index in [4.69, 9.17) is 0 Å². The number of carbonyl (C=O) groups excluding carboxylic acids is 6. The van der Waals surface area contributed by atoms with Crippen molar-refractivity contribution in [2.24, 2.45) is 35.5 Å². The van der Waals surface area contributed by atoms with Crippen molar-refractivity contribution in [2.75, 3.05) is 17.7 Å². The van der Waals surface area contributed by atoms with E-state index >= 15 is 0 Å². The van der Waals surface area contributed by atoms with Gasteiger partial charge in [0.25, 0.3) is 0 Å². The summed E-state index contributed by atoms with van der Waals surface area (Å²) in [6.45, 7) is 0. The highest BCUT2D eigenvalue weighted by molar-refractivity contribution is 5.98. The molecule has 2 aliphatic carbocycles. The van der Waals surface area contributed by atoms with Crippen LogP contribution in [0.25, 0.3) is 0 Å². The lowest BCUT2D eigenvalue weighted by Crippen LogP contribution is -2.33. The molecule has 0 radical (unpaired) electrons.